The van der Waals surface area contributed by atoms with Gasteiger partial charge in [-0.2, -0.15) is 0 Å². The summed E-state index contributed by atoms with van der Waals surface area (Å²) < 4.78 is 0. The van der Waals surface area contributed by atoms with Crippen LogP contribution < -0.4 is 5.32 Å². The van der Waals surface area contributed by atoms with Gasteiger partial charge in [-0.25, -0.2) is 0 Å². The van der Waals surface area contributed by atoms with Crippen LogP contribution in [0.5, 0.6) is 0 Å². The second-order valence-electron chi connectivity index (χ2n) is 6.35. The predicted octanol–water partition coefficient (Wildman–Crippen LogP) is 3.13. The highest BCUT2D eigenvalue weighted by Gasteiger charge is 2.34. The van der Waals surface area contributed by atoms with E-state index in [1.807, 2.05) is 0 Å². The van der Waals surface area contributed by atoms with E-state index in [4.69, 9.17) is 0 Å². The molecule has 2 heteroatoms. The molecular formula is C17H25NO. The van der Waals surface area contributed by atoms with Gasteiger partial charge in [0.25, 0.3) is 0 Å². The van der Waals surface area contributed by atoms with E-state index in [0.29, 0.717) is 12.1 Å². The van der Waals surface area contributed by atoms with Crippen LogP contribution >= 0.6 is 0 Å². The van der Waals surface area contributed by atoms with Crippen molar-refractivity contribution in [1.29, 1.82) is 0 Å². The lowest BCUT2D eigenvalue weighted by Crippen LogP contribution is -2.51. The van der Waals surface area contributed by atoms with Crippen molar-refractivity contribution in [3.8, 4) is 0 Å². The zero-order chi connectivity index (χ0) is 13.2. The molecule has 2 N–H and O–H groups in total. The van der Waals surface area contributed by atoms with E-state index in [-0.39, 0.29) is 6.10 Å². The number of nitrogens with one attached hydrogen (secondary N) is 1. The van der Waals surface area contributed by atoms with Gasteiger partial charge in [0, 0.05) is 12.1 Å². The maximum Gasteiger partial charge on any atom is 0.0693 e. The van der Waals surface area contributed by atoms with Gasteiger partial charge in [-0.1, -0.05) is 37.1 Å². The Bertz CT molecular complexity index is 425. The Balaban J connectivity index is 1.51. The third kappa shape index (κ3) is 2.85. The molecule has 0 saturated heterocycles. The summed E-state index contributed by atoms with van der Waals surface area (Å²) in [5, 5.41) is 13.7. The summed E-state index contributed by atoms with van der Waals surface area (Å²) in [6.45, 7) is 2.21. The molecular weight excluding hydrogens is 234 g/mol. The first-order valence-electron chi connectivity index (χ1n) is 7.73. The van der Waals surface area contributed by atoms with Gasteiger partial charge in [0.2, 0.25) is 0 Å². The Morgan fingerprint density at radius 3 is 2.58 bits per heavy atom. The summed E-state index contributed by atoms with van der Waals surface area (Å²) in [4.78, 5) is 0. The summed E-state index contributed by atoms with van der Waals surface area (Å²) in [7, 11) is 0. The lowest BCUT2D eigenvalue weighted by atomic mass is 9.74. The van der Waals surface area contributed by atoms with Crippen LogP contribution in [-0.4, -0.2) is 23.3 Å². The van der Waals surface area contributed by atoms with Crippen molar-refractivity contribution in [2.24, 2.45) is 0 Å². The molecule has 2 aliphatic carbocycles. The van der Waals surface area contributed by atoms with Crippen LogP contribution in [0, 0.1) is 6.92 Å². The van der Waals surface area contributed by atoms with Gasteiger partial charge in [-0.15, -0.1) is 0 Å². The summed E-state index contributed by atoms with van der Waals surface area (Å²) in [6.07, 6.45) is 6.92. The van der Waals surface area contributed by atoms with Crippen LogP contribution in [0.15, 0.2) is 24.3 Å². The molecule has 3 rings (SSSR count). The number of hydrogen-bond acceptors (Lipinski definition) is 2. The first-order valence-corrected chi connectivity index (χ1v) is 7.73. The summed E-state index contributed by atoms with van der Waals surface area (Å²) in [5.74, 6) is 0.722. The van der Waals surface area contributed by atoms with Gasteiger partial charge < -0.3 is 10.4 Å². The van der Waals surface area contributed by atoms with Gasteiger partial charge in [0.05, 0.1) is 6.10 Å². The van der Waals surface area contributed by atoms with Crippen molar-refractivity contribution >= 4 is 0 Å². The average Bonchev–Trinajstić information content (AvgIpc) is 2.37. The molecule has 2 saturated carbocycles. The molecule has 2 aliphatic rings. The minimum Gasteiger partial charge on any atom is -0.392 e. The van der Waals surface area contributed by atoms with Gasteiger partial charge >= 0.3 is 0 Å². The zero-order valence-corrected chi connectivity index (χ0v) is 11.8. The van der Waals surface area contributed by atoms with Crippen LogP contribution in [-0.2, 0) is 0 Å². The van der Waals surface area contributed by atoms with E-state index >= 15 is 0 Å². The van der Waals surface area contributed by atoms with Crippen LogP contribution in [0.3, 0.4) is 0 Å². The fourth-order valence-electron chi connectivity index (χ4n) is 3.66. The molecule has 0 amide bonds. The highest BCUT2D eigenvalue weighted by atomic mass is 16.3. The fraction of sp³-hybridized carbons (Fsp3) is 0.647. The fourth-order valence-corrected chi connectivity index (χ4v) is 3.66. The molecule has 0 aliphatic heterocycles. The largest absolute Gasteiger partial charge is 0.392 e. The SMILES string of the molecule is Cc1ccccc1C1CC(NC2CCCCC2O)C1. The Morgan fingerprint density at radius 1 is 1.11 bits per heavy atom. The maximum atomic E-state index is 10.0. The van der Waals surface area contributed by atoms with Crippen molar-refractivity contribution in [1.82, 2.24) is 5.32 Å². The van der Waals surface area contributed by atoms with Gasteiger partial charge in [-0.3, -0.25) is 0 Å². The Morgan fingerprint density at radius 2 is 1.84 bits per heavy atom. The standard InChI is InChI=1S/C17H25NO/c1-12-6-2-3-7-15(12)13-10-14(11-13)18-16-8-4-5-9-17(16)19/h2-3,6-7,13-14,16-19H,4-5,8-11H2,1H3. The first kappa shape index (κ1) is 13.1. The molecule has 0 radical (unpaired) electrons. The van der Waals surface area contributed by atoms with E-state index in [1.165, 1.54) is 36.8 Å². The van der Waals surface area contributed by atoms with Crippen LogP contribution in [0.4, 0.5) is 0 Å². The summed E-state index contributed by atoms with van der Waals surface area (Å²) >= 11 is 0. The van der Waals surface area contributed by atoms with Crippen molar-refractivity contribution in [2.75, 3.05) is 0 Å². The van der Waals surface area contributed by atoms with Gasteiger partial charge in [0.1, 0.15) is 0 Å². The second-order valence-corrected chi connectivity index (χ2v) is 6.35. The van der Waals surface area contributed by atoms with E-state index in [2.05, 4.69) is 36.5 Å². The molecule has 0 heterocycles. The highest BCUT2D eigenvalue weighted by Crippen LogP contribution is 2.39. The minimum atomic E-state index is -0.119. The minimum absolute atomic E-state index is 0.119. The molecule has 1 aromatic rings. The molecule has 2 nitrogen and oxygen atoms in total. The number of aryl methyl sites for hydroxylation is 1. The monoisotopic (exact) mass is 259 g/mol. The molecule has 0 aromatic heterocycles. The highest BCUT2D eigenvalue weighted by molar-refractivity contribution is 5.31. The molecule has 0 spiro atoms. The van der Waals surface area contributed by atoms with Gasteiger partial charge in [-0.05, 0) is 49.7 Å². The second kappa shape index (κ2) is 5.64. The number of rotatable bonds is 3. The van der Waals surface area contributed by atoms with E-state index < -0.39 is 0 Å². The number of aliphatic hydroxyl groups excluding tert-OH is 1. The molecule has 19 heavy (non-hydrogen) atoms. The zero-order valence-electron chi connectivity index (χ0n) is 11.8. The van der Waals surface area contributed by atoms with E-state index in [1.54, 1.807) is 0 Å². The topological polar surface area (TPSA) is 32.3 Å². The Labute approximate surface area is 116 Å². The lowest BCUT2D eigenvalue weighted by molar-refractivity contribution is 0.0750. The van der Waals surface area contributed by atoms with Crippen LogP contribution in [0.2, 0.25) is 0 Å². The molecule has 2 fully saturated rings. The maximum absolute atomic E-state index is 10.0. The van der Waals surface area contributed by atoms with Crippen LogP contribution in [0.1, 0.15) is 55.6 Å². The molecule has 0 bridgehead atoms. The first-order chi connectivity index (χ1) is 9.24. The number of aliphatic hydroxyl groups is 1. The third-order valence-corrected chi connectivity index (χ3v) is 4.95. The normalized spacial score (nSPS) is 34.8. The summed E-state index contributed by atoms with van der Waals surface area (Å²) in [6, 6.07) is 9.70. The van der Waals surface area contributed by atoms with Crippen molar-refractivity contribution < 1.29 is 5.11 Å². The summed E-state index contributed by atoms with van der Waals surface area (Å²) in [5.41, 5.74) is 2.94. The van der Waals surface area contributed by atoms with Crippen molar-refractivity contribution in [3.63, 3.8) is 0 Å². The van der Waals surface area contributed by atoms with E-state index in [0.717, 1.165) is 18.8 Å². The quantitative estimate of drug-likeness (QED) is 0.874. The Kier molecular flexibility index (Phi) is 3.90. The predicted molar refractivity (Wildman–Crippen MR) is 78.3 cm³/mol. The molecule has 2 unspecified atom stereocenters. The van der Waals surface area contributed by atoms with Crippen molar-refractivity contribution in [3.05, 3.63) is 35.4 Å². The average molecular weight is 259 g/mol. The Hall–Kier alpha value is -0.860. The molecule has 104 valence electrons. The van der Waals surface area contributed by atoms with Crippen LogP contribution in [0.25, 0.3) is 0 Å². The van der Waals surface area contributed by atoms with Crippen molar-refractivity contribution in [2.45, 2.75) is 69.6 Å². The lowest BCUT2D eigenvalue weighted by Gasteiger charge is -2.41. The molecule has 1 aromatic carbocycles. The van der Waals surface area contributed by atoms with Gasteiger partial charge in [0.15, 0.2) is 0 Å². The third-order valence-electron chi connectivity index (χ3n) is 4.95. The number of hydrogen-bond donors (Lipinski definition) is 2. The number of benzene rings is 1. The van der Waals surface area contributed by atoms with E-state index in [9.17, 15) is 5.11 Å². The molecule has 2 atom stereocenters. The smallest absolute Gasteiger partial charge is 0.0693 e.